The van der Waals surface area contributed by atoms with Gasteiger partial charge >= 0.3 is 0 Å². The number of aromatic nitrogens is 2. The average Bonchev–Trinajstić information content (AvgIpc) is 3.07. The summed E-state index contributed by atoms with van der Waals surface area (Å²) in [6, 6.07) is 11.3. The SMILES string of the molecule is CC(C)n1ccnc1CN1C[C@@H](N)[C@H](c2ccccc2)C1. The fourth-order valence-electron chi connectivity index (χ4n) is 3.23. The van der Waals surface area contributed by atoms with E-state index < -0.39 is 0 Å². The highest BCUT2D eigenvalue weighted by Gasteiger charge is 2.31. The average molecular weight is 284 g/mol. The van der Waals surface area contributed by atoms with E-state index in [1.54, 1.807) is 0 Å². The maximum Gasteiger partial charge on any atom is 0.123 e. The van der Waals surface area contributed by atoms with Crippen molar-refractivity contribution in [2.24, 2.45) is 5.73 Å². The third kappa shape index (κ3) is 3.01. The zero-order valence-electron chi connectivity index (χ0n) is 12.8. The predicted molar refractivity (Wildman–Crippen MR) is 85.0 cm³/mol. The van der Waals surface area contributed by atoms with Crippen LogP contribution >= 0.6 is 0 Å². The van der Waals surface area contributed by atoms with E-state index in [-0.39, 0.29) is 6.04 Å². The van der Waals surface area contributed by atoms with E-state index in [0.29, 0.717) is 12.0 Å². The first-order chi connectivity index (χ1) is 10.1. The summed E-state index contributed by atoms with van der Waals surface area (Å²) < 4.78 is 2.24. The zero-order valence-corrected chi connectivity index (χ0v) is 12.8. The minimum Gasteiger partial charge on any atom is -0.331 e. The smallest absolute Gasteiger partial charge is 0.123 e. The molecule has 2 heterocycles. The molecular formula is C17H24N4. The lowest BCUT2D eigenvalue weighted by molar-refractivity contribution is 0.306. The first-order valence-corrected chi connectivity index (χ1v) is 7.69. The van der Waals surface area contributed by atoms with E-state index in [2.05, 4.69) is 64.8 Å². The Morgan fingerprint density at radius 2 is 2.00 bits per heavy atom. The molecule has 0 aliphatic carbocycles. The van der Waals surface area contributed by atoms with Crippen molar-refractivity contribution in [2.75, 3.05) is 13.1 Å². The number of nitrogens with zero attached hydrogens (tertiary/aromatic N) is 3. The molecule has 1 fully saturated rings. The molecule has 1 aliphatic rings. The Hall–Kier alpha value is -1.65. The van der Waals surface area contributed by atoms with Crippen molar-refractivity contribution in [3.63, 3.8) is 0 Å². The van der Waals surface area contributed by atoms with Crippen LogP contribution in [0.1, 0.15) is 37.2 Å². The molecule has 1 aromatic heterocycles. The van der Waals surface area contributed by atoms with Gasteiger partial charge in [-0.3, -0.25) is 4.90 Å². The van der Waals surface area contributed by atoms with Crippen molar-refractivity contribution in [1.82, 2.24) is 14.5 Å². The molecule has 3 rings (SSSR count). The molecule has 21 heavy (non-hydrogen) atoms. The van der Waals surface area contributed by atoms with Crippen LogP contribution in [0.25, 0.3) is 0 Å². The summed E-state index contributed by atoms with van der Waals surface area (Å²) in [4.78, 5) is 6.92. The molecule has 0 amide bonds. The summed E-state index contributed by atoms with van der Waals surface area (Å²) in [5.41, 5.74) is 7.71. The number of hydrogen-bond donors (Lipinski definition) is 1. The molecule has 4 heteroatoms. The van der Waals surface area contributed by atoms with E-state index in [1.807, 2.05) is 6.20 Å². The molecule has 0 bridgehead atoms. The highest BCUT2D eigenvalue weighted by molar-refractivity contribution is 5.23. The molecule has 1 aromatic carbocycles. The predicted octanol–water partition coefficient (Wildman–Crippen LogP) is 2.39. The van der Waals surface area contributed by atoms with Crippen LogP contribution in [0, 0.1) is 0 Å². The first kappa shape index (κ1) is 14.3. The minimum atomic E-state index is 0.204. The lowest BCUT2D eigenvalue weighted by Crippen LogP contribution is -2.29. The van der Waals surface area contributed by atoms with Crippen molar-refractivity contribution in [3.8, 4) is 0 Å². The van der Waals surface area contributed by atoms with Crippen molar-refractivity contribution in [2.45, 2.75) is 38.4 Å². The lowest BCUT2D eigenvalue weighted by Gasteiger charge is -2.18. The Balaban J connectivity index is 1.70. The number of imidazole rings is 1. The quantitative estimate of drug-likeness (QED) is 0.938. The molecule has 2 atom stereocenters. The number of rotatable bonds is 4. The largest absolute Gasteiger partial charge is 0.331 e. The monoisotopic (exact) mass is 284 g/mol. The minimum absolute atomic E-state index is 0.204. The molecular weight excluding hydrogens is 260 g/mol. The van der Waals surface area contributed by atoms with Gasteiger partial charge in [-0.1, -0.05) is 30.3 Å². The maximum atomic E-state index is 6.36. The highest BCUT2D eigenvalue weighted by atomic mass is 15.2. The Morgan fingerprint density at radius 1 is 1.24 bits per heavy atom. The Bertz CT molecular complexity index is 575. The second-order valence-electron chi connectivity index (χ2n) is 6.22. The zero-order chi connectivity index (χ0) is 14.8. The van der Waals surface area contributed by atoms with Crippen molar-refractivity contribution < 1.29 is 0 Å². The van der Waals surface area contributed by atoms with Gasteiger partial charge in [0.1, 0.15) is 5.82 Å². The van der Waals surface area contributed by atoms with E-state index in [9.17, 15) is 0 Å². The van der Waals surface area contributed by atoms with E-state index in [0.717, 1.165) is 25.5 Å². The number of benzene rings is 1. The summed E-state index contributed by atoms with van der Waals surface area (Å²) in [6.07, 6.45) is 3.95. The Morgan fingerprint density at radius 3 is 2.71 bits per heavy atom. The molecule has 2 N–H and O–H groups in total. The third-order valence-electron chi connectivity index (χ3n) is 4.34. The molecule has 0 radical (unpaired) electrons. The van der Waals surface area contributed by atoms with Gasteiger partial charge in [-0.15, -0.1) is 0 Å². The fourth-order valence-corrected chi connectivity index (χ4v) is 3.23. The molecule has 0 spiro atoms. The maximum absolute atomic E-state index is 6.36. The van der Waals surface area contributed by atoms with Gasteiger partial charge in [-0.25, -0.2) is 4.98 Å². The molecule has 112 valence electrons. The van der Waals surface area contributed by atoms with Gasteiger partial charge in [0.2, 0.25) is 0 Å². The lowest BCUT2D eigenvalue weighted by atomic mass is 9.95. The van der Waals surface area contributed by atoms with Crippen LogP contribution in [-0.4, -0.2) is 33.6 Å². The van der Waals surface area contributed by atoms with E-state index >= 15 is 0 Å². The van der Waals surface area contributed by atoms with Crippen LogP contribution in [0.15, 0.2) is 42.7 Å². The topological polar surface area (TPSA) is 47.1 Å². The Kier molecular flexibility index (Phi) is 4.08. The molecule has 2 aromatic rings. The first-order valence-electron chi connectivity index (χ1n) is 7.69. The Labute approximate surface area is 126 Å². The van der Waals surface area contributed by atoms with Gasteiger partial charge in [0.05, 0.1) is 6.54 Å². The summed E-state index contributed by atoms with van der Waals surface area (Å²) in [5.74, 6) is 1.56. The molecule has 1 saturated heterocycles. The summed E-state index contributed by atoms with van der Waals surface area (Å²) in [6.45, 7) is 7.20. The molecule has 4 nitrogen and oxygen atoms in total. The summed E-state index contributed by atoms with van der Waals surface area (Å²) >= 11 is 0. The van der Waals surface area contributed by atoms with Crippen LogP contribution in [0.5, 0.6) is 0 Å². The molecule has 0 unspecified atom stereocenters. The number of hydrogen-bond acceptors (Lipinski definition) is 3. The fraction of sp³-hybridized carbons (Fsp3) is 0.471. The van der Waals surface area contributed by atoms with Gasteiger partial charge < -0.3 is 10.3 Å². The summed E-state index contributed by atoms with van der Waals surface area (Å²) in [5, 5.41) is 0. The second-order valence-corrected chi connectivity index (χ2v) is 6.22. The number of likely N-dealkylation sites (tertiary alicyclic amines) is 1. The second kappa shape index (κ2) is 6.00. The van der Waals surface area contributed by atoms with Crippen molar-refractivity contribution in [1.29, 1.82) is 0 Å². The molecule has 0 saturated carbocycles. The van der Waals surface area contributed by atoms with E-state index in [1.165, 1.54) is 5.56 Å². The standard InChI is InChI=1S/C17H24N4/c1-13(2)21-9-8-19-17(21)12-20-10-15(16(18)11-20)14-6-4-3-5-7-14/h3-9,13,15-16H,10-12,18H2,1-2H3/t15-,16+/m0/s1. The summed E-state index contributed by atoms with van der Waals surface area (Å²) in [7, 11) is 0. The van der Waals surface area contributed by atoms with Crippen molar-refractivity contribution >= 4 is 0 Å². The van der Waals surface area contributed by atoms with Crippen LogP contribution in [0.4, 0.5) is 0 Å². The van der Waals surface area contributed by atoms with Crippen LogP contribution in [0.2, 0.25) is 0 Å². The number of nitrogens with two attached hydrogens (primary N) is 1. The third-order valence-corrected chi connectivity index (χ3v) is 4.34. The van der Waals surface area contributed by atoms with Crippen LogP contribution < -0.4 is 5.73 Å². The normalized spacial score (nSPS) is 23.0. The van der Waals surface area contributed by atoms with Gasteiger partial charge in [0.25, 0.3) is 0 Å². The molecule has 1 aliphatic heterocycles. The van der Waals surface area contributed by atoms with Crippen LogP contribution in [-0.2, 0) is 6.54 Å². The van der Waals surface area contributed by atoms with Crippen molar-refractivity contribution in [3.05, 3.63) is 54.1 Å². The van der Waals surface area contributed by atoms with Gasteiger partial charge in [-0.2, -0.15) is 0 Å². The van der Waals surface area contributed by atoms with Crippen LogP contribution in [0.3, 0.4) is 0 Å². The van der Waals surface area contributed by atoms with Gasteiger partial charge in [0, 0.05) is 43.5 Å². The highest BCUT2D eigenvalue weighted by Crippen LogP contribution is 2.27. The van der Waals surface area contributed by atoms with Gasteiger partial charge in [-0.05, 0) is 19.4 Å². The van der Waals surface area contributed by atoms with E-state index in [4.69, 9.17) is 5.73 Å². The van der Waals surface area contributed by atoms with Gasteiger partial charge in [0.15, 0.2) is 0 Å².